The molecule has 0 fully saturated rings. The van der Waals surface area contributed by atoms with Crippen LogP contribution in [0.1, 0.15) is 62.3 Å². The third-order valence-corrected chi connectivity index (χ3v) is 6.33. The van der Waals surface area contributed by atoms with E-state index >= 15 is 0 Å². The summed E-state index contributed by atoms with van der Waals surface area (Å²) >= 11 is 0. The van der Waals surface area contributed by atoms with Crippen molar-refractivity contribution >= 4 is 87.3 Å². The Kier molecular flexibility index (Phi) is 18.8. The van der Waals surface area contributed by atoms with E-state index in [1.165, 1.54) is 0 Å². The summed E-state index contributed by atoms with van der Waals surface area (Å²) in [6, 6.07) is 0. The first-order valence-corrected chi connectivity index (χ1v) is 11.9. The maximum atomic E-state index is 11.2. The molecule has 0 aliphatic heterocycles. The van der Waals surface area contributed by atoms with E-state index in [1.807, 2.05) is 0 Å². The molecule has 0 saturated carbocycles. The molecule has 0 unspecified atom stereocenters. The molecule has 0 aromatic carbocycles. The van der Waals surface area contributed by atoms with E-state index in [1.54, 1.807) is 0 Å². The quantitative estimate of drug-likeness (QED) is 0.114. The zero-order valence-corrected chi connectivity index (χ0v) is 27.0. The molecule has 0 amide bonds. The van der Waals surface area contributed by atoms with Gasteiger partial charge in [-0.15, -0.1) is 0 Å². The summed E-state index contributed by atoms with van der Waals surface area (Å²) in [5, 5.41) is 31.0. The van der Waals surface area contributed by atoms with Crippen molar-refractivity contribution in [1.82, 2.24) is 0 Å². The van der Waals surface area contributed by atoms with Crippen LogP contribution in [-0.2, 0) is 89.3 Å². The van der Waals surface area contributed by atoms with Crippen molar-refractivity contribution in [2.45, 2.75) is 62.3 Å². The fourth-order valence-corrected chi connectivity index (χ4v) is 4.13. The number of carboxylic acids is 3. The summed E-state index contributed by atoms with van der Waals surface area (Å²) in [6.45, 7) is 7.28. The molecule has 46 heavy (non-hydrogen) atoms. The molecule has 0 aromatic heterocycles. The number of hydrogen-bond acceptors (Lipinski definition) is 18. The van der Waals surface area contributed by atoms with Gasteiger partial charge in [-0.05, 0) is 62.3 Å². The average molecular weight is 691 g/mol. The van der Waals surface area contributed by atoms with Gasteiger partial charge in [0.05, 0.1) is 0 Å². The Balaban J connectivity index is -0.000000285. The third-order valence-electron chi connectivity index (χ3n) is 6.33. The number of hydrogen-bond donors (Lipinski definition) is 0. The van der Waals surface area contributed by atoms with Gasteiger partial charge in [0.25, 0.3) is 0 Å². The van der Waals surface area contributed by atoms with Gasteiger partial charge in [0.1, 0.15) is 17.9 Å². The zero-order chi connectivity index (χ0) is 37.2. The van der Waals surface area contributed by atoms with Gasteiger partial charge in [0, 0.05) is 0 Å². The molecule has 18 nitrogen and oxygen atoms in total. The molecular weight excluding hydrogens is 664 g/mol. The number of rotatable bonds is 15. The van der Waals surface area contributed by atoms with Crippen molar-refractivity contribution in [2.24, 2.45) is 16.2 Å². The third kappa shape index (κ3) is 9.02. The number of carbonyl (C=O) groups excluding carboxylic acids is 15. The largest absolute Gasteiger partial charge is 3.00 e. The first-order chi connectivity index (χ1) is 20.1. The van der Waals surface area contributed by atoms with Crippen LogP contribution in [0.3, 0.4) is 0 Å². The van der Waals surface area contributed by atoms with E-state index in [0.717, 1.165) is 62.3 Å². The van der Waals surface area contributed by atoms with Gasteiger partial charge in [-0.3, -0.25) is 57.5 Å². The van der Waals surface area contributed by atoms with Crippen LogP contribution < -0.4 is 15.3 Å². The Morgan fingerprint density at radius 2 is 0.370 bits per heavy atom. The van der Waals surface area contributed by atoms with E-state index in [2.05, 4.69) is 0 Å². The molecule has 0 N–H and O–H groups in total. The maximum Gasteiger partial charge on any atom is 3.00 e. The van der Waals surface area contributed by atoms with Crippen LogP contribution in [-0.4, -0.2) is 87.3 Å². The number of carboxylic acid groups (broad SMARTS) is 3. The van der Waals surface area contributed by atoms with Gasteiger partial charge < -0.3 is 29.7 Å². The van der Waals surface area contributed by atoms with Crippen molar-refractivity contribution in [3.8, 4) is 0 Å². The van der Waals surface area contributed by atoms with Gasteiger partial charge in [-0.2, -0.15) is 0 Å². The zero-order valence-electron chi connectivity index (χ0n) is 25.8. The Hall–Kier alpha value is -5.02. The first-order valence-electron chi connectivity index (χ1n) is 11.9. The van der Waals surface area contributed by atoms with Crippen molar-refractivity contribution in [3.05, 3.63) is 0 Å². The standard InChI is InChI=1S/3C9H10O6.Cr/c3*1-4(10)9(5(2)11,6(3)12)7(13)8(14)15;/h3*1-3H3,(H,14,15);/q;;;+3/p-3. The van der Waals surface area contributed by atoms with E-state index in [-0.39, 0.29) is 17.4 Å². The van der Waals surface area contributed by atoms with Crippen LogP contribution >= 0.6 is 0 Å². The predicted octanol–water partition coefficient (Wildman–Crippen LogP) is -5.83. The minimum Gasteiger partial charge on any atom is -0.542 e. The topological polar surface area (TPSA) is 325 Å². The second-order valence-corrected chi connectivity index (χ2v) is 9.11. The maximum absolute atomic E-state index is 11.2. The van der Waals surface area contributed by atoms with Crippen LogP contribution in [0.2, 0.25) is 0 Å². The summed E-state index contributed by atoms with van der Waals surface area (Å²) in [6.07, 6.45) is 0. The smallest absolute Gasteiger partial charge is 0.542 e. The van der Waals surface area contributed by atoms with Crippen molar-refractivity contribution < 1.29 is 105 Å². The summed E-state index contributed by atoms with van der Waals surface area (Å²) in [7, 11) is 0. The van der Waals surface area contributed by atoms with Gasteiger partial charge in [-0.1, -0.05) is 0 Å². The Labute approximate surface area is 270 Å². The molecule has 0 saturated heterocycles. The average Bonchev–Trinajstić information content (AvgIpc) is 2.83. The minimum absolute atomic E-state index is 0. The van der Waals surface area contributed by atoms with Crippen molar-refractivity contribution in [3.63, 3.8) is 0 Å². The van der Waals surface area contributed by atoms with E-state index in [4.69, 9.17) is 0 Å². The van der Waals surface area contributed by atoms with Crippen LogP contribution in [0, 0.1) is 16.2 Å². The van der Waals surface area contributed by atoms with E-state index < -0.39 is 104 Å². The number of ketones is 12. The summed E-state index contributed by atoms with van der Waals surface area (Å²) < 4.78 is 0. The molecule has 0 aromatic rings. The van der Waals surface area contributed by atoms with Gasteiger partial charge in [0.2, 0.25) is 33.6 Å². The fraction of sp³-hybridized carbons (Fsp3) is 0.444. The molecule has 1 radical (unpaired) electrons. The Bertz CT molecular complexity index is 1160. The van der Waals surface area contributed by atoms with E-state index in [9.17, 15) is 87.2 Å². The molecule has 0 rings (SSSR count). The molecule has 0 bridgehead atoms. The monoisotopic (exact) mass is 691 g/mol. The van der Waals surface area contributed by atoms with Gasteiger partial charge >= 0.3 is 17.4 Å². The second kappa shape index (κ2) is 18.1. The van der Waals surface area contributed by atoms with E-state index in [0.29, 0.717) is 0 Å². The first kappa shape index (κ1) is 47.9. The number of aliphatic carboxylic acids is 3. The number of Topliss-reactive ketones (excluding diaryl/α,β-unsaturated/α-hetero) is 12. The molecule has 19 heteroatoms. The van der Waals surface area contributed by atoms with Crippen molar-refractivity contribution in [1.29, 1.82) is 0 Å². The molecule has 0 aliphatic rings. The molecule has 0 spiro atoms. The van der Waals surface area contributed by atoms with Crippen LogP contribution in [0.5, 0.6) is 0 Å². The molecule has 249 valence electrons. The van der Waals surface area contributed by atoms with Crippen molar-refractivity contribution in [2.75, 3.05) is 0 Å². The second-order valence-electron chi connectivity index (χ2n) is 9.11. The predicted molar refractivity (Wildman–Crippen MR) is 133 cm³/mol. The van der Waals surface area contributed by atoms with Gasteiger partial charge in [0.15, 0.2) is 52.0 Å². The Morgan fingerprint density at radius 3 is 0.391 bits per heavy atom. The Morgan fingerprint density at radius 1 is 0.283 bits per heavy atom. The molecule has 0 heterocycles. The molecule has 0 atom stereocenters. The summed E-state index contributed by atoms with van der Waals surface area (Å²) in [5.41, 5.74) is -8.21. The fourth-order valence-electron chi connectivity index (χ4n) is 4.13. The summed E-state index contributed by atoms with van der Waals surface area (Å²) in [4.78, 5) is 165. The van der Waals surface area contributed by atoms with Gasteiger partial charge in [-0.25, -0.2) is 0 Å². The van der Waals surface area contributed by atoms with Crippen LogP contribution in [0.4, 0.5) is 0 Å². The minimum atomic E-state index is -2.74. The summed E-state index contributed by atoms with van der Waals surface area (Å²) in [5.74, 6) is -22.1. The van der Waals surface area contributed by atoms with Crippen LogP contribution in [0.25, 0.3) is 0 Å². The normalized spacial score (nSPS) is 10.4. The molecule has 0 aliphatic carbocycles. The van der Waals surface area contributed by atoms with Crippen LogP contribution in [0.15, 0.2) is 0 Å². The SMILES string of the molecule is CC(=O)C(C(C)=O)(C(C)=O)C(=O)C(=O)[O-].CC(=O)C(C(C)=O)(C(C)=O)C(=O)C(=O)[O-].CC(=O)C(C(C)=O)(C(C)=O)C(=O)C(=O)[O-].[Cr+3]. The molecular formula is C27H27CrO18. The number of carbonyl (C=O) groups is 15.